The minimum absolute atomic E-state index is 0.237. The van der Waals surface area contributed by atoms with Crippen LogP contribution in [-0.2, 0) is 19.5 Å². The number of sulfone groups is 1. The zero-order chi connectivity index (χ0) is 19.6. The van der Waals surface area contributed by atoms with Crippen LogP contribution < -0.4 is 9.64 Å². The van der Waals surface area contributed by atoms with Crippen LogP contribution in [0.3, 0.4) is 0 Å². The van der Waals surface area contributed by atoms with E-state index in [9.17, 15) is 13.2 Å². The summed E-state index contributed by atoms with van der Waals surface area (Å²) in [6.07, 6.45) is 1.19. The minimum atomic E-state index is -3.23. The van der Waals surface area contributed by atoms with Gasteiger partial charge in [-0.3, -0.25) is 0 Å². The van der Waals surface area contributed by atoms with E-state index in [1.807, 2.05) is 30.0 Å². The van der Waals surface area contributed by atoms with Gasteiger partial charge in [0.15, 0.2) is 9.84 Å². The van der Waals surface area contributed by atoms with E-state index in [4.69, 9.17) is 9.57 Å². The van der Waals surface area contributed by atoms with Gasteiger partial charge in [0.2, 0.25) is 0 Å². The average Bonchev–Trinajstić information content (AvgIpc) is 3.03. The van der Waals surface area contributed by atoms with Crippen LogP contribution in [0.25, 0.3) is 0 Å². The van der Waals surface area contributed by atoms with Crippen molar-refractivity contribution in [1.82, 2.24) is 0 Å². The molecule has 3 rings (SSSR count). The van der Waals surface area contributed by atoms with E-state index in [1.165, 1.54) is 13.2 Å². The van der Waals surface area contributed by atoms with E-state index in [0.717, 1.165) is 16.9 Å². The fraction of sp³-hybridized carbons (Fsp3) is 0.263. The van der Waals surface area contributed by atoms with Gasteiger partial charge in [-0.25, -0.2) is 13.2 Å². The first kappa shape index (κ1) is 18.9. The molecule has 1 aliphatic heterocycles. The lowest BCUT2D eigenvalue weighted by molar-refractivity contribution is -0.140. The van der Waals surface area contributed by atoms with Crippen LogP contribution in [0.4, 0.5) is 11.4 Å². The van der Waals surface area contributed by atoms with Crippen LogP contribution in [0, 0.1) is 0 Å². The van der Waals surface area contributed by atoms with Crippen molar-refractivity contribution in [1.29, 1.82) is 0 Å². The third-order valence-electron chi connectivity index (χ3n) is 4.13. The van der Waals surface area contributed by atoms with Gasteiger partial charge in [-0.05, 0) is 43.3 Å². The molecule has 0 N–H and O–H groups in total. The zero-order valence-corrected chi connectivity index (χ0v) is 16.1. The van der Waals surface area contributed by atoms with Gasteiger partial charge in [-0.2, -0.15) is 0 Å². The normalized spacial score (nSPS) is 14.6. The average molecular weight is 388 g/mol. The Kier molecular flexibility index (Phi) is 5.18. The van der Waals surface area contributed by atoms with Crippen molar-refractivity contribution in [3.63, 3.8) is 0 Å². The summed E-state index contributed by atoms with van der Waals surface area (Å²) >= 11 is 0. The molecule has 1 aliphatic rings. The number of rotatable bonds is 5. The van der Waals surface area contributed by atoms with Crippen molar-refractivity contribution in [2.24, 2.45) is 5.16 Å². The van der Waals surface area contributed by atoms with Crippen LogP contribution in [0.2, 0.25) is 0 Å². The third-order valence-corrected chi connectivity index (χ3v) is 5.26. The molecule has 0 amide bonds. The molecule has 8 heteroatoms. The molecular formula is C19H20N2O5S. The van der Waals surface area contributed by atoms with Crippen LogP contribution in [-0.4, -0.2) is 39.5 Å². The molecule has 0 aliphatic carbocycles. The maximum Gasteiger partial charge on any atom is 0.331 e. The molecule has 0 atom stereocenters. The van der Waals surface area contributed by atoms with Gasteiger partial charge in [-0.1, -0.05) is 5.16 Å². The number of hydrogen-bond donors (Lipinski definition) is 0. The minimum Gasteiger partial charge on any atom is -0.486 e. The van der Waals surface area contributed by atoms with Crippen molar-refractivity contribution >= 4 is 32.9 Å². The van der Waals surface area contributed by atoms with Gasteiger partial charge >= 0.3 is 5.97 Å². The number of benzene rings is 2. The number of carbonyl (C=O) groups excluding carboxylic acids is 1. The van der Waals surface area contributed by atoms with E-state index in [1.54, 1.807) is 24.3 Å². The maximum absolute atomic E-state index is 11.6. The van der Waals surface area contributed by atoms with Crippen molar-refractivity contribution in [3.8, 4) is 5.75 Å². The van der Waals surface area contributed by atoms with Crippen LogP contribution in [0.1, 0.15) is 19.4 Å². The summed E-state index contributed by atoms with van der Waals surface area (Å²) in [6, 6.07) is 12.4. The van der Waals surface area contributed by atoms with Gasteiger partial charge in [0, 0.05) is 42.7 Å². The third kappa shape index (κ3) is 4.11. The molecule has 2 aromatic carbocycles. The molecule has 0 unspecified atom stereocenters. The Morgan fingerprint density at radius 1 is 1.19 bits per heavy atom. The Labute approximate surface area is 158 Å². The van der Waals surface area contributed by atoms with Gasteiger partial charge in [0.25, 0.3) is 0 Å². The standard InChI is InChI=1S/C19H20N2O5S/c1-4-21(14-5-8-16(9-6-14)27(3,23)24)15-7-10-17-18(20-26-13(2)22)12-25-19(17)11-15/h5-11H,4,12H2,1-3H3/b20-18+. The van der Waals surface area contributed by atoms with Gasteiger partial charge in [-0.15, -0.1) is 0 Å². The highest BCUT2D eigenvalue weighted by molar-refractivity contribution is 7.90. The highest BCUT2D eigenvalue weighted by atomic mass is 32.2. The first-order chi connectivity index (χ1) is 12.8. The Morgan fingerprint density at radius 3 is 2.44 bits per heavy atom. The number of nitrogens with zero attached hydrogens (tertiary/aromatic N) is 2. The smallest absolute Gasteiger partial charge is 0.331 e. The second kappa shape index (κ2) is 7.40. The quantitative estimate of drug-likeness (QED) is 0.578. The van der Waals surface area contributed by atoms with E-state index in [0.29, 0.717) is 18.0 Å². The van der Waals surface area contributed by atoms with Crippen LogP contribution >= 0.6 is 0 Å². The number of carbonyl (C=O) groups is 1. The molecule has 0 fully saturated rings. The Bertz CT molecular complexity index is 997. The number of fused-ring (bicyclic) bond motifs is 1. The number of anilines is 2. The topological polar surface area (TPSA) is 85.3 Å². The highest BCUT2D eigenvalue weighted by Gasteiger charge is 2.22. The molecule has 0 saturated carbocycles. The van der Waals surface area contributed by atoms with Crippen molar-refractivity contribution < 1.29 is 22.8 Å². The molecule has 0 radical (unpaired) electrons. The van der Waals surface area contributed by atoms with E-state index in [-0.39, 0.29) is 11.5 Å². The molecule has 0 aromatic heterocycles. The molecule has 1 heterocycles. The SMILES string of the molecule is CCN(c1ccc(S(C)(=O)=O)cc1)c1ccc2c(c1)OC/C2=N\OC(C)=O. The number of oxime groups is 1. The van der Waals surface area contributed by atoms with Crippen molar-refractivity contribution in [2.75, 3.05) is 24.3 Å². The second-order valence-electron chi connectivity index (χ2n) is 6.10. The Morgan fingerprint density at radius 2 is 1.85 bits per heavy atom. The number of hydrogen-bond acceptors (Lipinski definition) is 7. The van der Waals surface area contributed by atoms with E-state index >= 15 is 0 Å². The molecule has 27 heavy (non-hydrogen) atoms. The molecular weight excluding hydrogens is 368 g/mol. The van der Waals surface area contributed by atoms with Gasteiger partial charge in [0.1, 0.15) is 18.1 Å². The van der Waals surface area contributed by atoms with Gasteiger partial charge < -0.3 is 14.5 Å². The molecule has 142 valence electrons. The van der Waals surface area contributed by atoms with Crippen molar-refractivity contribution in [3.05, 3.63) is 48.0 Å². The highest BCUT2D eigenvalue weighted by Crippen LogP contribution is 2.34. The van der Waals surface area contributed by atoms with Crippen molar-refractivity contribution in [2.45, 2.75) is 18.7 Å². The Balaban J connectivity index is 1.89. The molecule has 7 nitrogen and oxygen atoms in total. The lowest BCUT2D eigenvalue weighted by atomic mass is 10.1. The largest absolute Gasteiger partial charge is 0.486 e. The summed E-state index contributed by atoms with van der Waals surface area (Å²) < 4.78 is 28.9. The lowest BCUT2D eigenvalue weighted by Crippen LogP contribution is -2.16. The first-order valence-corrected chi connectivity index (χ1v) is 10.3. The second-order valence-corrected chi connectivity index (χ2v) is 8.12. The van der Waals surface area contributed by atoms with Crippen LogP contribution in [0.15, 0.2) is 52.5 Å². The fourth-order valence-electron chi connectivity index (χ4n) is 2.84. The Hall–Kier alpha value is -2.87. The maximum atomic E-state index is 11.6. The fourth-order valence-corrected chi connectivity index (χ4v) is 3.47. The van der Waals surface area contributed by atoms with E-state index < -0.39 is 15.8 Å². The van der Waals surface area contributed by atoms with E-state index in [2.05, 4.69) is 5.16 Å². The zero-order valence-electron chi connectivity index (χ0n) is 15.3. The summed E-state index contributed by atoms with van der Waals surface area (Å²) in [5, 5.41) is 3.82. The summed E-state index contributed by atoms with van der Waals surface area (Å²) in [6.45, 7) is 4.22. The molecule has 0 bridgehead atoms. The first-order valence-electron chi connectivity index (χ1n) is 8.39. The predicted molar refractivity (Wildman–Crippen MR) is 102 cm³/mol. The number of ether oxygens (including phenoxy) is 1. The monoisotopic (exact) mass is 388 g/mol. The van der Waals surface area contributed by atoms with Crippen LogP contribution in [0.5, 0.6) is 5.75 Å². The molecule has 2 aromatic rings. The molecule has 0 saturated heterocycles. The van der Waals surface area contributed by atoms with Gasteiger partial charge in [0.05, 0.1) is 4.90 Å². The summed E-state index contributed by atoms with van der Waals surface area (Å²) in [7, 11) is -3.23. The summed E-state index contributed by atoms with van der Waals surface area (Å²) in [4.78, 5) is 17.9. The lowest BCUT2D eigenvalue weighted by Gasteiger charge is -2.24. The molecule has 0 spiro atoms. The summed E-state index contributed by atoms with van der Waals surface area (Å²) in [5.41, 5.74) is 3.12. The summed E-state index contributed by atoms with van der Waals surface area (Å²) in [5.74, 6) is 0.173. The predicted octanol–water partition coefficient (Wildman–Crippen LogP) is 2.91.